The molecule has 184 valence electrons. The molecule has 0 radical (unpaired) electrons. The number of Topliss-reactive ketones (excluding diaryl/α,β-unsaturated/α-hetero) is 1. The van der Waals surface area contributed by atoms with Gasteiger partial charge in [0.2, 0.25) is 0 Å². The van der Waals surface area contributed by atoms with Crippen molar-refractivity contribution in [3.8, 4) is 0 Å². The van der Waals surface area contributed by atoms with Crippen LogP contribution in [0.3, 0.4) is 0 Å². The second kappa shape index (κ2) is 6.79. The number of hydrogen-bond acceptors (Lipinski definition) is 9. The zero-order valence-electron chi connectivity index (χ0n) is 19.9. The molecule has 0 amide bonds. The minimum Gasteiger partial charge on any atom is -0.461 e. The van der Waals surface area contributed by atoms with Gasteiger partial charge in [-0.2, -0.15) is 0 Å². The van der Waals surface area contributed by atoms with E-state index in [0.717, 1.165) is 0 Å². The Bertz CT molecular complexity index is 1090. The molecule has 9 atom stereocenters. The number of ketones is 1. The van der Waals surface area contributed by atoms with Crippen molar-refractivity contribution >= 4 is 23.7 Å². The van der Waals surface area contributed by atoms with Gasteiger partial charge < -0.3 is 24.4 Å². The van der Waals surface area contributed by atoms with Gasteiger partial charge in [-0.3, -0.25) is 19.2 Å². The zero-order chi connectivity index (χ0) is 25.0. The van der Waals surface area contributed by atoms with E-state index < -0.39 is 75.7 Å². The number of esters is 3. The van der Waals surface area contributed by atoms with E-state index in [1.165, 1.54) is 13.8 Å². The number of aliphatic hydroxyl groups is 2. The summed E-state index contributed by atoms with van der Waals surface area (Å²) in [6, 6.07) is 0. The maximum Gasteiger partial charge on any atom is 0.307 e. The molecule has 9 nitrogen and oxygen atoms in total. The number of fused-ring (bicyclic) bond motifs is 5. The molecule has 2 saturated carbocycles. The largest absolute Gasteiger partial charge is 0.461 e. The van der Waals surface area contributed by atoms with Gasteiger partial charge in [-0.1, -0.05) is 26.0 Å². The van der Waals surface area contributed by atoms with Gasteiger partial charge in [-0.25, -0.2) is 0 Å². The Morgan fingerprint density at radius 1 is 1.15 bits per heavy atom. The molecule has 2 N–H and O–H groups in total. The standard InChI is InChI=1S/C25H30O9/c1-11-6-17-23(30,20(11)29)8-15(10-32-13(3)26)7-16-19-22(5)9-18(28)34-25(19,22)21(33-14(4)27)12(2)24(16,17)31/h6-7,12,16-17,19,21,30-31H,8-10H2,1-5H3/t12-,16+,17?,19-,21-,22?,23-,24-,25-/m1/s1. The van der Waals surface area contributed by atoms with E-state index in [4.69, 9.17) is 14.2 Å². The van der Waals surface area contributed by atoms with Crippen LogP contribution in [0.1, 0.15) is 47.5 Å². The fourth-order valence-corrected chi connectivity index (χ4v) is 7.76. The van der Waals surface area contributed by atoms with Crippen molar-refractivity contribution in [3.63, 3.8) is 0 Å². The van der Waals surface area contributed by atoms with Gasteiger partial charge in [-0.05, 0) is 18.1 Å². The normalized spacial score (nSPS) is 48.3. The van der Waals surface area contributed by atoms with Gasteiger partial charge >= 0.3 is 17.9 Å². The minimum atomic E-state index is -1.94. The Morgan fingerprint density at radius 3 is 2.44 bits per heavy atom. The van der Waals surface area contributed by atoms with Crippen LogP contribution in [0.2, 0.25) is 0 Å². The molecule has 5 rings (SSSR count). The van der Waals surface area contributed by atoms with E-state index in [1.807, 2.05) is 6.92 Å². The second-order valence-electron chi connectivity index (χ2n) is 10.9. The van der Waals surface area contributed by atoms with Crippen molar-refractivity contribution in [3.05, 3.63) is 23.3 Å². The minimum absolute atomic E-state index is 0.102. The Hall–Kier alpha value is -2.52. The fraction of sp³-hybridized carbons (Fsp3) is 0.680. The number of hydrogen-bond donors (Lipinski definition) is 2. The molecule has 1 heterocycles. The highest BCUT2D eigenvalue weighted by atomic mass is 16.6. The van der Waals surface area contributed by atoms with E-state index in [9.17, 15) is 29.4 Å². The Labute approximate surface area is 197 Å². The molecular formula is C25H30O9. The summed E-state index contributed by atoms with van der Waals surface area (Å²) in [4.78, 5) is 49.1. The monoisotopic (exact) mass is 474 g/mol. The van der Waals surface area contributed by atoms with Crippen LogP contribution < -0.4 is 0 Å². The number of carbonyl (C=O) groups is 4. The third kappa shape index (κ3) is 2.57. The SMILES string of the molecule is CC(=O)OCC1=C[C@H]2[C@@H]3C4(C)CC(=O)O[C@@]34[C@H](OC(C)=O)[C@@H](C)[C@]2(O)C2C=C(C)C(=O)[C@@]2(O)C1. The third-order valence-electron chi connectivity index (χ3n) is 9.10. The van der Waals surface area contributed by atoms with Crippen molar-refractivity contribution in [2.24, 2.45) is 29.1 Å². The van der Waals surface area contributed by atoms with Crippen LogP contribution in [0.5, 0.6) is 0 Å². The van der Waals surface area contributed by atoms with Gasteiger partial charge in [0.15, 0.2) is 11.4 Å². The predicted molar refractivity (Wildman–Crippen MR) is 115 cm³/mol. The summed E-state index contributed by atoms with van der Waals surface area (Å²) in [7, 11) is 0. The lowest BCUT2D eigenvalue weighted by molar-refractivity contribution is -0.225. The number of carbonyl (C=O) groups excluding carboxylic acids is 4. The highest BCUT2D eigenvalue weighted by Crippen LogP contribution is 2.80. The summed E-state index contributed by atoms with van der Waals surface area (Å²) in [5.41, 5.74) is -4.62. The van der Waals surface area contributed by atoms with Crippen molar-refractivity contribution in [2.45, 2.75) is 70.4 Å². The molecule has 1 saturated heterocycles. The molecule has 5 aliphatic rings. The Balaban J connectivity index is 1.71. The maximum atomic E-state index is 13.2. The zero-order valence-corrected chi connectivity index (χ0v) is 19.9. The maximum absolute atomic E-state index is 13.2. The van der Waals surface area contributed by atoms with Crippen LogP contribution in [0.25, 0.3) is 0 Å². The van der Waals surface area contributed by atoms with Crippen molar-refractivity contribution in [2.75, 3.05) is 6.61 Å². The van der Waals surface area contributed by atoms with Gasteiger partial charge in [0.25, 0.3) is 0 Å². The van der Waals surface area contributed by atoms with Crippen LogP contribution in [0, 0.1) is 29.1 Å². The summed E-state index contributed by atoms with van der Waals surface area (Å²) >= 11 is 0. The van der Waals surface area contributed by atoms with E-state index in [-0.39, 0.29) is 19.4 Å². The van der Waals surface area contributed by atoms with Crippen LogP contribution in [-0.4, -0.2) is 63.4 Å². The quantitative estimate of drug-likeness (QED) is 0.349. The van der Waals surface area contributed by atoms with Crippen molar-refractivity contribution < 1.29 is 43.6 Å². The molecule has 9 heteroatoms. The molecule has 1 spiro atoms. The smallest absolute Gasteiger partial charge is 0.307 e. The van der Waals surface area contributed by atoms with E-state index in [2.05, 4.69) is 0 Å². The van der Waals surface area contributed by atoms with Crippen molar-refractivity contribution in [1.82, 2.24) is 0 Å². The number of ether oxygens (including phenoxy) is 3. The van der Waals surface area contributed by atoms with E-state index in [0.29, 0.717) is 11.1 Å². The highest BCUT2D eigenvalue weighted by molar-refractivity contribution is 6.04. The lowest BCUT2D eigenvalue weighted by Gasteiger charge is -2.52. The first-order chi connectivity index (χ1) is 15.7. The van der Waals surface area contributed by atoms with Gasteiger partial charge in [0, 0.05) is 49.4 Å². The first kappa shape index (κ1) is 23.2. The highest BCUT2D eigenvalue weighted by Gasteiger charge is 2.91. The molecule has 0 aromatic carbocycles. The van der Waals surface area contributed by atoms with Gasteiger partial charge in [0.05, 0.1) is 12.0 Å². The molecule has 1 aliphatic heterocycles. The second-order valence-corrected chi connectivity index (χ2v) is 10.9. The molecule has 0 bridgehead atoms. The van der Waals surface area contributed by atoms with Crippen LogP contribution in [0.4, 0.5) is 0 Å². The van der Waals surface area contributed by atoms with Gasteiger partial charge in [0.1, 0.15) is 18.3 Å². The fourth-order valence-electron chi connectivity index (χ4n) is 7.76. The first-order valence-electron chi connectivity index (χ1n) is 11.6. The molecule has 34 heavy (non-hydrogen) atoms. The molecule has 2 unspecified atom stereocenters. The lowest BCUT2D eigenvalue weighted by Crippen LogP contribution is -2.66. The summed E-state index contributed by atoms with van der Waals surface area (Å²) in [6.45, 7) is 7.57. The molecule has 0 aromatic rings. The summed E-state index contributed by atoms with van der Waals surface area (Å²) < 4.78 is 16.8. The van der Waals surface area contributed by atoms with E-state index in [1.54, 1.807) is 26.0 Å². The first-order valence-corrected chi connectivity index (χ1v) is 11.6. The Kier molecular flexibility index (Phi) is 4.64. The summed E-state index contributed by atoms with van der Waals surface area (Å²) in [5.74, 6) is -4.82. The lowest BCUT2D eigenvalue weighted by atomic mass is 9.59. The molecule has 0 aromatic heterocycles. The van der Waals surface area contributed by atoms with Crippen LogP contribution in [-0.2, 0) is 33.4 Å². The van der Waals surface area contributed by atoms with Gasteiger partial charge in [-0.15, -0.1) is 0 Å². The molecular weight excluding hydrogens is 444 g/mol. The number of rotatable bonds is 3. The summed E-state index contributed by atoms with van der Waals surface area (Å²) in [6.07, 6.45) is 2.41. The molecule has 3 fully saturated rings. The third-order valence-corrected chi connectivity index (χ3v) is 9.10. The van der Waals surface area contributed by atoms with E-state index >= 15 is 0 Å². The predicted octanol–water partition coefficient (Wildman–Crippen LogP) is 1.01. The van der Waals surface area contributed by atoms with Crippen LogP contribution in [0.15, 0.2) is 23.3 Å². The van der Waals surface area contributed by atoms with Crippen molar-refractivity contribution in [1.29, 1.82) is 0 Å². The Morgan fingerprint density at radius 2 is 1.82 bits per heavy atom. The average Bonchev–Trinajstić information content (AvgIpc) is 3.02. The van der Waals surface area contributed by atoms with Crippen LogP contribution >= 0.6 is 0 Å². The summed E-state index contributed by atoms with van der Waals surface area (Å²) in [5, 5.41) is 24.2. The average molecular weight is 475 g/mol. The molecule has 4 aliphatic carbocycles. The topological polar surface area (TPSA) is 136 Å².